The van der Waals surface area contributed by atoms with Crippen molar-refractivity contribution in [3.05, 3.63) is 57.6 Å². The number of anilines is 2. The van der Waals surface area contributed by atoms with Crippen LogP contribution in [0.1, 0.15) is 22.8 Å². The van der Waals surface area contributed by atoms with Crippen LogP contribution in [0.3, 0.4) is 0 Å². The van der Waals surface area contributed by atoms with Gasteiger partial charge in [-0.2, -0.15) is 0 Å². The molecule has 8 heteroatoms. The van der Waals surface area contributed by atoms with E-state index in [1.165, 1.54) is 0 Å². The van der Waals surface area contributed by atoms with E-state index in [2.05, 4.69) is 5.32 Å². The second-order valence-electron chi connectivity index (χ2n) is 4.77. The van der Waals surface area contributed by atoms with Crippen molar-refractivity contribution in [3.8, 4) is 0 Å². The van der Waals surface area contributed by atoms with Crippen LogP contribution in [0.25, 0.3) is 0 Å². The minimum Gasteiger partial charge on any atom is -0.458 e. The molecule has 2 aromatic carbocycles. The lowest BCUT2D eigenvalue weighted by molar-refractivity contribution is -0.0273. The van der Waals surface area contributed by atoms with Gasteiger partial charge in [0.1, 0.15) is 0 Å². The summed E-state index contributed by atoms with van der Waals surface area (Å²) in [6.07, 6.45) is 0. The maximum absolute atomic E-state index is 12.2. The van der Waals surface area contributed by atoms with Crippen LogP contribution < -0.4 is 5.32 Å². The fourth-order valence-corrected chi connectivity index (χ4v) is 2.40. The second kappa shape index (κ2) is 11.0. The average Bonchev–Trinajstić information content (AvgIpc) is 2.64. The summed E-state index contributed by atoms with van der Waals surface area (Å²) in [5.41, 5.74) is 2.37. The fraction of sp³-hybridized carbons (Fsp3) is 0.235. The monoisotopic (exact) mass is 383 g/mol. The summed E-state index contributed by atoms with van der Waals surface area (Å²) in [5, 5.41) is 11.1. The molecule has 0 bridgehead atoms. The van der Waals surface area contributed by atoms with Crippen LogP contribution in [-0.4, -0.2) is 32.4 Å². The zero-order valence-corrected chi connectivity index (χ0v) is 15.8. The van der Waals surface area contributed by atoms with E-state index in [0.29, 0.717) is 33.6 Å². The molecule has 0 aliphatic heterocycles. The number of carbonyl (C=O) groups is 1. The van der Waals surface area contributed by atoms with E-state index >= 15 is 0 Å². The molecule has 0 radical (unpaired) electrons. The number of hydrogen-bond donors (Lipinski definition) is 2. The predicted octanol–water partition coefficient (Wildman–Crippen LogP) is 3.72. The van der Waals surface area contributed by atoms with Crippen LogP contribution in [0.5, 0.6) is 0 Å². The molecule has 0 spiro atoms. The summed E-state index contributed by atoms with van der Waals surface area (Å²) in [7, 11) is 1.00. The van der Waals surface area contributed by atoms with Gasteiger partial charge in [-0.15, -0.1) is 0 Å². The van der Waals surface area contributed by atoms with Crippen molar-refractivity contribution in [3.63, 3.8) is 0 Å². The molecule has 0 saturated heterocycles. The van der Waals surface area contributed by atoms with Crippen LogP contribution in [0.4, 0.5) is 11.4 Å². The summed E-state index contributed by atoms with van der Waals surface area (Å²) in [5.74, 6) is -0.485. The molecular weight excluding hydrogens is 364 g/mol. The van der Waals surface area contributed by atoms with Crippen LogP contribution in [0.2, 0.25) is 10.0 Å². The molecule has 5 nitrogen and oxygen atoms in total. The number of esters is 1. The van der Waals surface area contributed by atoms with Crippen LogP contribution in [0.15, 0.2) is 36.4 Å². The van der Waals surface area contributed by atoms with E-state index in [1.807, 2.05) is 19.9 Å². The van der Waals surface area contributed by atoms with Gasteiger partial charge in [-0.3, -0.25) is 0 Å². The van der Waals surface area contributed by atoms with Gasteiger partial charge >= 0.3 is 5.97 Å². The number of ether oxygens (including phenoxy) is 2. The lowest BCUT2D eigenvalue weighted by Gasteiger charge is -2.15. The lowest BCUT2D eigenvalue weighted by atomic mass is 10.1. The number of nitrogens with one attached hydrogen (secondary N) is 1. The Morgan fingerprint density at radius 1 is 1.20 bits per heavy atom. The summed E-state index contributed by atoms with van der Waals surface area (Å²) in [6, 6.07) is 10.6. The van der Waals surface area contributed by atoms with E-state index < -0.39 is 5.97 Å². The van der Waals surface area contributed by atoms with Gasteiger partial charge in [0.2, 0.25) is 0 Å². The SMILES string of the molecule is BO.CCOCOC(=O)c1ccccc1Nc1c(Cl)ccc(C)c1Cl. The summed E-state index contributed by atoms with van der Waals surface area (Å²) < 4.78 is 10.1. The van der Waals surface area contributed by atoms with Crippen molar-refractivity contribution < 1.29 is 19.3 Å². The molecule has 2 aromatic rings. The molecule has 0 saturated carbocycles. The Bertz CT molecular complexity index is 713. The van der Waals surface area contributed by atoms with Crippen molar-refractivity contribution >= 4 is 48.6 Å². The molecule has 0 unspecified atom stereocenters. The number of hydrogen-bond acceptors (Lipinski definition) is 5. The molecule has 2 N–H and O–H groups in total. The first-order valence-corrected chi connectivity index (χ1v) is 8.30. The highest BCUT2D eigenvalue weighted by molar-refractivity contribution is 6.39. The molecule has 0 aromatic heterocycles. The molecule has 0 atom stereocenters. The van der Waals surface area contributed by atoms with Crippen molar-refractivity contribution in [2.24, 2.45) is 0 Å². The van der Waals surface area contributed by atoms with E-state index in [4.69, 9.17) is 37.7 Å². The summed E-state index contributed by atoms with van der Waals surface area (Å²) in [4.78, 5) is 12.2. The standard InChI is InChI=1S/C17H17Cl2NO3.BH3O/c1-3-22-10-23-17(21)12-6-4-5-7-14(12)20-16-13(18)9-8-11(2)15(16)19;1-2/h4-9,20H,3,10H2,1-2H3;2H,1H2. The Morgan fingerprint density at radius 2 is 1.88 bits per heavy atom. The average molecular weight is 384 g/mol. The van der Waals surface area contributed by atoms with Crippen LogP contribution in [-0.2, 0) is 9.47 Å². The first-order chi connectivity index (χ1) is 12.0. The Balaban J connectivity index is 0.00000151. The van der Waals surface area contributed by atoms with E-state index in [-0.39, 0.29) is 6.79 Å². The molecule has 0 aliphatic carbocycles. The third-order valence-electron chi connectivity index (χ3n) is 3.17. The molecule has 2 rings (SSSR count). The number of aryl methyl sites for hydroxylation is 1. The van der Waals surface area contributed by atoms with Crippen LogP contribution >= 0.6 is 23.2 Å². The van der Waals surface area contributed by atoms with Gasteiger partial charge in [-0.25, -0.2) is 4.79 Å². The largest absolute Gasteiger partial charge is 0.458 e. The minimum atomic E-state index is -0.485. The predicted molar refractivity (Wildman–Crippen MR) is 104 cm³/mol. The topological polar surface area (TPSA) is 67.8 Å². The molecular formula is C17H20BCl2NO4. The van der Waals surface area contributed by atoms with Gasteiger partial charge in [-0.05, 0) is 37.6 Å². The minimum absolute atomic E-state index is 0.0877. The number of halogens is 2. The maximum atomic E-state index is 12.2. The fourth-order valence-electron chi connectivity index (χ4n) is 1.93. The van der Waals surface area contributed by atoms with E-state index in [9.17, 15) is 4.79 Å². The molecule has 0 heterocycles. The highest BCUT2D eigenvalue weighted by Gasteiger charge is 2.15. The van der Waals surface area contributed by atoms with Crippen molar-refractivity contribution in [1.29, 1.82) is 0 Å². The quantitative estimate of drug-likeness (QED) is 0.344. The summed E-state index contributed by atoms with van der Waals surface area (Å²) >= 11 is 12.5. The number of rotatable bonds is 6. The van der Waals surface area contributed by atoms with E-state index in [1.54, 1.807) is 30.3 Å². The molecule has 0 fully saturated rings. The Kier molecular flexibility index (Phi) is 9.38. The smallest absolute Gasteiger partial charge is 0.342 e. The molecule has 134 valence electrons. The van der Waals surface area contributed by atoms with Gasteiger partial charge in [0.15, 0.2) is 6.79 Å². The van der Waals surface area contributed by atoms with Gasteiger partial charge in [0.25, 0.3) is 8.05 Å². The molecule has 25 heavy (non-hydrogen) atoms. The number of para-hydroxylation sites is 1. The van der Waals surface area contributed by atoms with Crippen LogP contribution in [0, 0.1) is 6.92 Å². The van der Waals surface area contributed by atoms with Gasteiger partial charge < -0.3 is 19.8 Å². The zero-order valence-electron chi connectivity index (χ0n) is 14.3. The number of carbonyl (C=O) groups excluding carboxylic acids is 1. The van der Waals surface area contributed by atoms with Crippen molar-refractivity contribution in [1.82, 2.24) is 0 Å². The zero-order chi connectivity index (χ0) is 18.8. The lowest BCUT2D eigenvalue weighted by Crippen LogP contribution is -2.11. The number of benzene rings is 2. The normalized spacial score (nSPS) is 9.80. The van der Waals surface area contributed by atoms with Crippen molar-refractivity contribution in [2.45, 2.75) is 13.8 Å². The Morgan fingerprint density at radius 3 is 2.56 bits per heavy atom. The second-order valence-corrected chi connectivity index (χ2v) is 5.55. The Hall–Kier alpha value is -1.73. The summed E-state index contributed by atoms with van der Waals surface area (Å²) in [6.45, 7) is 4.09. The van der Waals surface area contributed by atoms with Gasteiger partial charge in [0, 0.05) is 6.61 Å². The Labute approximate surface area is 158 Å². The highest BCUT2D eigenvalue weighted by Crippen LogP contribution is 2.36. The molecule has 0 aliphatic rings. The van der Waals surface area contributed by atoms with Crippen molar-refractivity contribution in [2.75, 3.05) is 18.7 Å². The first-order valence-electron chi connectivity index (χ1n) is 7.54. The maximum Gasteiger partial charge on any atom is 0.342 e. The third kappa shape index (κ3) is 5.94. The van der Waals surface area contributed by atoms with E-state index in [0.717, 1.165) is 13.6 Å². The third-order valence-corrected chi connectivity index (χ3v) is 3.97. The van der Waals surface area contributed by atoms with Gasteiger partial charge in [-0.1, -0.05) is 41.4 Å². The van der Waals surface area contributed by atoms with Gasteiger partial charge in [0.05, 0.1) is 27.0 Å². The highest BCUT2D eigenvalue weighted by atomic mass is 35.5. The first kappa shape index (κ1) is 21.3. The molecule has 0 amide bonds.